The standard InChI is InChI=1S/C18H19NO/c1-2-3-4-15-20-18-9-7-16(8-10-18)5-6-17-11-13-19-14-12-17/h7-14H,2-4,15H2,1H3. The molecule has 0 aliphatic carbocycles. The summed E-state index contributed by atoms with van der Waals surface area (Å²) in [6, 6.07) is 11.7. The molecular formula is C18H19NO. The van der Waals surface area contributed by atoms with Crippen molar-refractivity contribution in [1.29, 1.82) is 0 Å². The van der Waals surface area contributed by atoms with Gasteiger partial charge in [-0.25, -0.2) is 0 Å². The first kappa shape index (κ1) is 14.1. The summed E-state index contributed by atoms with van der Waals surface area (Å²) < 4.78 is 5.67. The number of hydrogen-bond donors (Lipinski definition) is 0. The molecule has 0 spiro atoms. The first-order chi connectivity index (χ1) is 9.88. The zero-order valence-corrected chi connectivity index (χ0v) is 11.8. The van der Waals surface area contributed by atoms with Crippen molar-refractivity contribution in [3.8, 4) is 17.6 Å². The van der Waals surface area contributed by atoms with Crippen LogP contribution in [-0.2, 0) is 0 Å². The van der Waals surface area contributed by atoms with E-state index in [1.54, 1.807) is 12.4 Å². The zero-order valence-electron chi connectivity index (χ0n) is 11.8. The van der Waals surface area contributed by atoms with Crippen molar-refractivity contribution in [2.45, 2.75) is 26.2 Å². The molecule has 2 aromatic rings. The molecule has 102 valence electrons. The van der Waals surface area contributed by atoms with Gasteiger partial charge in [0.1, 0.15) is 5.75 Å². The maximum atomic E-state index is 5.67. The highest BCUT2D eigenvalue weighted by Gasteiger charge is 1.94. The molecule has 0 fully saturated rings. The van der Waals surface area contributed by atoms with E-state index in [1.165, 1.54) is 12.8 Å². The highest BCUT2D eigenvalue weighted by atomic mass is 16.5. The molecule has 1 heterocycles. The largest absolute Gasteiger partial charge is 0.494 e. The number of unbranched alkanes of at least 4 members (excludes halogenated alkanes) is 2. The van der Waals surface area contributed by atoms with Gasteiger partial charge in [-0.15, -0.1) is 0 Å². The Kier molecular flexibility index (Phi) is 5.67. The Morgan fingerprint density at radius 1 is 0.900 bits per heavy atom. The number of benzene rings is 1. The highest BCUT2D eigenvalue weighted by Crippen LogP contribution is 2.12. The van der Waals surface area contributed by atoms with Gasteiger partial charge in [-0.05, 0) is 42.8 Å². The Bertz CT molecular complexity index is 564. The molecule has 2 rings (SSSR count). The van der Waals surface area contributed by atoms with Gasteiger partial charge < -0.3 is 4.74 Å². The van der Waals surface area contributed by atoms with Crippen LogP contribution in [0.15, 0.2) is 48.8 Å². The fraction of sp³-hybridized carbons (Fsp3) is 0.278. The zero-order chi connectivity index (χ0) is 14.0. The molecule has 0 amide bonds. The summed E-state index contributed by atoms with van der Waals surface area (Å²) in [6.45, 7) is 2.98. The van der Waals surface area contributed by atoms with Gasteiger partial charge >= 0.3 is 0 Å². The predicted octanol–water partition coefficient (Wildman–Crippen LogP) is 4.05. The molecule has 0 saturated carbocycles. The van der Waals surface area contributed by atoms with Gasteiger partial charge in [0.05, 0.1) is 6.61 Å². The summed E-state index contributed by atoms with van der Waals surface area (Å²) in [5, 5.41) is 0. The SMILES string of the molecule is CCCCCOc1ccc(C#Cc2ccncc2)cc1. The van der Waals surface area contributed by atoms with Gasteiger partial charge in [-0.1, -0.05) is 31.6 Å². The second-order valence-electron chi connectivity index (χ2n) is 4.57. The summed E-state index contributed by atoms with van der Waals surface area (Å²) in [5.41, 5.74) is 1.96. The second kappa shape index (κ2) is 8.01. The minimum atomic E-state index is 0.788. The van der Waals surface area contributed by atoms with Crippen LogP contribution in [0.2, 0.25) is 0 Å². The molecular weight excluding hydrogens is 246 g/mol. The van der Waals surface area contributed by atoms with E-state index in [2.05, 4.69) is 23.7 Å². The van der Waals surface area contributed by atoms with E-state index in [-0.39, 0.29) is 0 Å². The molecule has 0 aliphatic rings. The molecule has 0 aliphatic heterocycles. The molecule has 0 unspecified atom stereocenters. The van der Waals surface area contributed by atoms with Gasteiger partial charge in [0, 0.05) is 23.5 Å². The van der Waals surface area contributed by atoms with E-state index >= 15 is 0 Å². The Labute approximate surface area is 120 Å². The van der Waals surface area contributed by atoms with E-state index in [1.807, 2.05) is 36.4 Å². The fourth-order valence-corrected chi connectivity index (χ4v) is 1.76. The van der Waals surface area contributed by atoms with Crippen LogP contribution >= 0.6 is 0 Å². The van der Waals surface area contributed by atoms with Crippen molar-refractivity contribution in [2.75, 3.05) is 6.61 Å². The van der Waals surface area contributed by atoms with Crippen molar-refractivity contribution in [3.05, 3.63) is 59.9 Å². The molecule has 2 nitrogen and oxygen atoms in total. The van der Waals surface area contributed by atoms with Crippen molar-refractivity contribution in [2.24, 2.45) is 0 Å². The number of aromatic nitrogens is 1. The van der Waals surface area contributed by atoms with Crippen LogP contribution in [0, 0.1) is 11.8 Å². The van der Waals surface area contributed by atoms with Gasteiger partial charge in [-0.2, -0.15) is 0 Å². The smallest absolute Gasteiger partial charge is 0.119 e. The van der Waals surface area contributed by atoms with Crippen molar-refractivity contribution >= 4 is 0 Å². The van der Waals surface area contributed by atoms with E-state index in [4.69, 9.17) is 4.74 Å². The average Bonchev–Trinajstić information content (AvgIpc) is 2.52. The van der Waals surface area contributed by atoms with Crippen LogP contribution in [0.4, 0.5) is 0 Å². The maximum absolute atomic E-state index is 5.67. The fourth-order valence-electron chi connectivity index (χ4n) is 1.76. The monoisotopic (exact) mass is 265 g/mol. The van der Waals surface area contributed by atoms with Gasteiger partial charge in [0.2, 0.25) is 0 Å². The number of ether oxygens (including phenoxy) is 1. The first-order valence-corrected chi connectivity index (χ1v) is 7.03. The molecule has 0 bridgehead atoms. The molecule has 1 aromatic heterocycles. The van der Waals surface area contributed by atoms with Crippen molar-refractivity contribution in [1.82, 2.24) is 4.98 Å². The van der Waals surface area contributed by atoms with Crippen molar-refractivity contribution < 1.29 is 4.74 Å². The summed E-state index contributed by atoms with van der Waals surface area (Å²) in [7, 11) is 0. The summed E-state index contributed by atoms with van der Waals surface area (Å²) in [5.74, 6) is 7.15. The molecule has 0 N–H and O–H groups in total. The quantitative estimate of drug-likeness (QED) is 0.601. The lowest BCUT2D eigenvalue weighted by molar-refractivity contribution is 0.306. The van der Waals surface area contributed by atoms with Crippen LogP contribution in [0.5, 0.6) is 5.75 Å². The Hall–Kier alpha value is -2.27. The van der Waals surface area contributed by atoms with Gasteiger partial charge in [0.25, 0.3) is 0 Å². The maximum Gasteiger partial charge on any atom is 0.119 e. The van der Waals surface area contributed by atoms with Crippen LogP contribution < -0.4 is 4.74 Å². The average molecular weight is 265 g/mol. The third kappa shape index (κ3) is 4.78. The minimum absolute atomic E-state index is 0.788. The minimum Gasteiger partial charge on any atom is -0.494 e. The number of rotatable bonds is 5. The highest BCUT2D eigenvalue weighted by molar-refractivity contribution is 5.43. The second-order valence-corrected chi connectivity index (χ2v) is 4.57. The topological polar surface area (TPSA) is 22.1 Å². The molecule has 1 aromatic carbocycles. The summed E-state index contributed by atoms with van der Waals surface area (Å²) >= 11 is 0. The molecule has 2 heteroatoms. The summed E-state index contributed by atoms with van der Waals surface area (Å²) in [6.07, 6.45) is 7.04. The Balaban J connectivity index is 1.90. The number of hydrogen-bond acceptors (Lipinski definition) is 2. The van der Waals surface area contributed by atoms with Gasteiger partial charge in [-0.3, -0.25) is 4.98 Å². The third-order valence-electron chi connectivity index (χ3n) is 2.90. The molecule has 20 heavy (non-hydrogen) atoms. The van der Waals surface area contributed by atoms with E-state index in [0.717, 1.165) is 29.9 Å². The van der Waals surface area contributed by atoms with Crippen LogP contribution in [0.25, 0.3) is 0 Å². The third-order valence-corrected chi connectivity index (χ3v) is 2.90. The lowest BCUT2D eigenvalue weighted by Crippen LogP contribution is -1.96. The summed E-state index contributed by atoms with van der Waals surface area (Å²) in [4.78, 5) is 3.97. The van der Waals surface area contributed by atoms with Crippen LogP contribution in [-0.4, -0.2) is 11.6 Å². The Morgan fingerprint density at radius 3 is 2.20 bits per heavy atom. The molecule has 0 saturated heterocycles. The first-order valence-electron chi connectivity index (χ1n) is 7.03. The van der Waals surface area contributed by atoms with E-state index in [9.17, 15) is 0 Å². The van der Waals surface area contributed by atoms with Crippen molar-refractivity contribution in [3.63, 3.8) is 0 Å². The number of nitrogens with zero attached hydrogens (tertiary/aromatic N) is 1. The predicted molar refractivity (Wildman–Crippen MR) is 81.7 cm³/mol. The lowest BCUT2D eigenvalue weighted by atomic mass is 10.2. The Morgan fingerprint density at radius 2 is 1.55 bits per heavy atom. The van der Waals surface area contributed by atoms with E-state index in [0.29, 0.717) is 0 Å². The van der Waals surface area contributed by atoms with Crippen LogP contribution in [0.1, 0.15) is 37.3 Å². The molecule has 0 radical (unpaired) electrons. The van der Waals surface area contributed by atoms with Gasteiger partial charge in [0.15, 0.2) is 0 Å². The lowest BCUT2D eigenvalue weighted by Gasteiger charge is -2.05. The number of pyridine rings is 1. The normalized spacial score (nSPS) is 9.65. The molecule has 0 atom stereocenters. The van der Waals surface area contributed by atoms with E-state index < -0.39 is 0 Å². The van der Waals surface area contributed by atoms with Crippen LogP contribution in [0.3, 0.4) is 0 Å².